The Balaban J connectivity index is 2.78. The van der Waals surface area contributed by atoms with Gasteiger partial charge in [-0.15, -0.1) is 0 Å². The minimum atomic E-state index is 0.00519. The molecule has 0 aliphatic heterocycles. The Hall–Kier alpha value is -1.38. The molecule has 1 aromatic heterocycles. The second-order valence-electron chi connectivity index (χ2n) is 2.69. The van der Waals surface area contributed by atoms with Crippen molar-refractivity contribution in [2.75, 3.05) is 13.1 Å². The fraction of sp³-hybridized carbons (Fsp3) is 0.400. The zero-order valence-corrected chi connectivity index (χ0v) is 8.03. The molecule has 0 bridgehead atoms. The number of nitrogens with zero attached hydrogens (tertiary/aromatic N) is 2. The highest BCUT2D eigenvalue weighted by Crippen LogP contribution is 2.00. The van der Waals surface area contributed by atoms with E-state index in [0.717, 1.165) is 13.1 Å². The van der Waals surface area contributed by atoms with Crippen LogP contribution in [0.5, 0.6) is 0 Å². The summed E-state index contributed by atoms with van der Waals surface area (Å²) in [6, 6.07) is 5.36. The summed E-state index contributed by atoms with van der Waals surface area (Å²) < 4.78 is 0. The van der Waals surface area contributed by atoms with Crippen molar-refractivity contribution in [2.24, 2.45) is 0 Å². The number of amides is 1. The smallest absolute Gasteiger partial charge is 0.272 e. The average molecular weight is 178 g/mol. The lowest BCUT2D eigenvalue weighted by molar-refractivity contribution is 0.0767. The summed E-state index contributed by atoms with van der Waals surface area (Å²) in [5.41, 5.74) is 0.520. The van der Waals surface area contributed by atoms with E-state index in [2.05, 4.69) is 4.98 Å². The quantitative estimate of drug-likeness (QED) is 0.703. The van der Waals surface area contributed by atoms with Crippen LogP contribution in [0, 0.1) is 0 Å². The Morgan fingerprint density at radius 2 is 2.08 bits per heavy atom. The third kappa shape index (κ3) is 2.28. The Morgan fingerprint density at radius 3 is 2.54 bits per heavy atom. The molecule has 0 aliphatic rings. The number of aromatic nitrogens is 1. The zero-order chi connectivity index (χ0) is 9.68. The molecular weight excluding hydrogens is 164 g/mol. The number of rotatable bonds is 3. The molecule has 0 atom stereocenters. The first-order chi connectivity index (χ1) is 6.29. The van der Waals surface area contributed by atoms with E-state index < -0.39 is 0 Å². The van der Waals surface area contributed by atoms with E-state index in [-0.39, 0.29) is 5.91 Å². The van der Waals surface area contributed by atoms with Gasteiger partial charge in [0.05, 0.1) is 0 Å². The molecular formula is C10H14N2O. The van der Waals surface area contributed by atoms with Crippen LogP contribution in [0.2, 0.25) is 0 Å². The predicted octanol–water partition coefficient (Wildman–Crippen LogP) is 1.56. The molecule has 1 aromatic rings. The van der Waals surface area contributed by atoms with Gasteiger partial charge in [-0.1, -0.05) is 6.07 Å². The van der Waals surface area contributed by atoms with E-state index in [9.17, 15) is 4.79 Å². The fourth-order valence-electron chi connectivity index (χ4n) is 1.16. The number of carbonyl (C=O) groups excluding carboxylic acids is 1. The molecule has 3 heteroatoms. The van der Waals surface area contributed by atoms with Gasteiger partial charge in [0.15, 0.2) is 0 Å². The molecule has 13 heavy (non-hydrogen) atoms. The van der Waals surface area contributed by atoms with E-state index in [1.54, 1.807) is 23.2 Å². The van der Waals surface area contributed by atoms with Crippen molar-refractivity contribution in [1.82, 2.24) is 9.88 Å². The van der Waals surface area contributed by atoms with Crippen molar-refractivity contribution in [2.45, 2.75) is 13.8 Å². The molecule has 70 valence electrons. The van der Waals surface area contributed by atoms with Crippen LogP contribution in [0.25, 0.3) is 0 Å². The first-order valence-electron chi connectivity index (χ1n) is 4.49. The molecule has 1 rings (SSSR count). The first kappa shape index (κ1) is 9.71. The number of carbonyl (C=O) groups is 1. The van der Waals surface area contributed by atoms with E-state index >= 15 is 0 Å². The van der Waals surface area contributed by atoms with Gasteiger partial charge >= 0.3 is 0 Å². The van der Waals surface area contributed by atoms with Crippen LogP contribution in [0.4, 0.5) is 0 Å². The Morgan fingerprint density at radius 1 is 1.38 bits per heavy atom. The van der Waals surface area contributed by atoms with E-state index in [1.807, 2.05) is 19.9 Å². The molecule has 0 aliphatic carbocycles. The predicted molar refractivity (Wildman–Crippen MR) is 51.5 cm³/mol. The molecule has 0 N–H and O–H groups in total. The van der Waals surface area contributed by atoms with E-state index in [1.165, 1.54) is 0 Å². The van der Waals surface area contributed by atoms with Crippen molar-refractivity contribution >= 4 is 5.91 Å². The highest BCUT2D eigenvalue weighted by molar-refractivity contribution is 5.92. The molecule has 0 spiro atoms. The van der Waals surface area contributed by atoms with Gasteiger partial charge in [0.1, 0.15) is 5.69 Å². The summed E-state index contributed by atoms with van der Waals surface area (Å²) in [6.45, 7) is 5.38. The summed E-state index contributed by atoms with van der Waals surface area (Å²) >= 11 is 0. The van der Waals surface area contributed by atoms with Crippen molar-refractivity contribution in [3.8, 4) is 0 Å². The average Bonchev–Trinajstić information content (AvgIpc) is 2.21. The Labute approximate surface area is 78.4 Å². The Kier molecular flexibility index (Phi) is 3.43. The fourth-order valence-corrected chi connectivity index (χ4v) is 1.16. The van der Waals surface area contributed by atoms with Gasteiger partial charge < -0.3 is 4.90 Å². The minimum absolute atomic E-state index is 0.00519. The van der Waals surface area contributed by atoms with Gasteiger partial charge in [-0.25, -0.2) is 0 Å². The lowest BCUT2D eigenvalue weighted by Gasteiger charge is -2.17. The summed E-state index contributed by atoms with van der Waals surface area (Å²) in [4.78, 5) is 17.4. The van der Waals surface area contributed by atoms with Crippen LogP contribution in [-0.2, 0) is 0 Å². The third-order valence-corrected chi connectivity index (χ3v) is 1.93. The first-order valence-corrected chi connectivity index (χ1v) is 4.49. The van der Waals surface area contributed by atoms with Gasteiger partial charge in [0, 0.05) is 19.3 Å². The maximum atomic E-state index is 11.7. The summed E-state index contributed by atoms with van der Waals surface area (Å²) in [7, 11) is 0. The molecule has 1 heterocycles. The highest BCUT2D eigenvalue weighted by atomic mass is 16.2. The second kappa shape index (κ2) is 4.60. The van der Waals surface area contributed by atoms with Gasteiger partial charge in [-0.3, -0.25) is 9.78 Å². The summed E-state index contributed by atoms with van der Waals surface area (Å²) in [5.74, 6) is 0.00519. The maximum absolute atomic E-state index is 11.7. The van der Waals surface area contributed by atoms with Crippen LogP contribution in [0.1, 0.15) is 24.3 Å². The number of hydrogen-bond acceptors (Lipinski definition) is 2. The van der Waals surface area contributed by atoms with Crippen LogP contribution in [-0.4, -0.2) is 28.9 Å². The molecule has 1 amide bonds. The molecule has 0 saturated carbocycles. The lowest BCUT2D eigenvalue weighted by atomic mass is 10.3. The van der Waals surface area contributed by atoms with Crippen molar-refractivity contribution in [1.29, 1.82) is 0 Å². The lowest BCUT2D eigenvalue weighted by Crippen LogP contribution is -2.30. The van der Waals surface area contributed by atoms with E-state index in [4.69, 9.17) is 0 Å². The maximum Gasteiger partial charge on any atom is 0.272 e. The topological polar surface area (TPSA) is 33.2 Å². The number of pyridine rings is 1. The minimum Gasteiger partial charge on any atom is -0.338 e. The van der Waals surface area contributed by atoms with Crippen LogP contribution in [0.15, 0.2) is 24.4 Å². The van der Waals surface area contributed by atoms with Gasteiger partial charge in [-0.05, 0) is 26.0 Å². The van der Waals surface area contributed by atoms with Crippen LogP contribution >= 0.6 is 0 Å². The molecule has 3 nitrogen and oxygen atoms in total. The normalized spacial score (nSPS) is 9.69. The molecule has 0 unspecified atom stereocenters. The standard InChI is InChI=1S/C10H14N2O/c1-3-12(4-2)10(13)9-7-5-6-8-11-9/h5-8H,3-4H2,1-2H3. The van der Waals surface area contributed by atoms with Crippen LogP contribution in [0.3, 0.4) is 0 Å². The largest absolute Gasteiger partial charge is 0.338 e. The SMILES string of the molecule is CCN(CC)C(=O)c1ccccn1. The van der Waals surface area contributed by atoms with E-state index in [0.29, 0.717) is 5.69 Å². The molecule has 0 fully saturated rings. The van der Waals surface area contributed by atoms with Gasteiger partial charge in [0.2, 0.25) is 0 Å². The van der Waals surface area contributed by atoms with Crippen LogP contribution < -0.4 is 0 Å². The third-order valence-electron chi connectivity index (χ3n) is 1.93. The van der Waals surface area contributed by atoms with Gasteiger partial charge in [-0.2, -0.15) is 0 Å². The summed E-state index contributed by atoms with van der Waals surface area (Å²) in [5, 5.41) is 0. The molecule has 0 aromatic carbocycles. The van der Waals surface area contributed by atoms with Crippen molar-refractivity contribution < 1.29 is 4.79 Å². The van der Waals surface area contributed by atoms with Gasteiger partial charge in [0.25, 0.3) is 5.91 Å². The monoisotopic (exact) mass is 178 g/mol. The zero-order valence-electron chi connectivity index (χ0n) is 8.03. The second-order valence-corrected chi connectivity index (χ2v) is 2.69. The van der Waals surface area contributed by atoms with Crippen molar-refractivity contribution in [3.63, 3.8) is 0 Å². The molecule has 0 radical (unpaired) electrons. The Bertz CT molecular complexity index is 268. The number of hydrogen-bond donors (Lipinski definition) is 0. The molecule has 0 saturated heterocycles. The van der Waals surface area contributed by atoms with Crippen molar-refractivity contribution in [3.05, 3.63) is 30.1 Å². The summed E-state index contributed by atoms with van der Waals surface area (Å²) in [6.07, 6.45) is 1.64. The highest BCUT2D eigenvalue weighted by Gasteiger charge is 2.12.